The summed E-state index contributed by atoms with van der Waals surface area (Å²) in [7, 11) is 0. The third kappa shape index (κ3) is 4.49. The van der Waals surface area contributed by atoms with Crippen LogP contribution in [0.3, 0.4) is 0 Å². The van der Waals surface area contributed by atoms with E-state index in [2.05, 4.69) is 5.32 Å². The Bertz CT molecular complexity index is 644. The minimum atomic E-state index is -0.294. The van der Waals surface area contributed by atoms with Gasteiger partial charge in [0.15, 0.2) is 0 Å². The van der Waals surface area contributed by atoms with Crippen LogP contribution in [-0.4, -0.2) is 12.5 Å². The van der Waals surface area contributed by atoms with E-state index in [0.717, 1.165) is 0 Å². The summed E-state index contributed by atoms with van der Waals surface area (Å²) in [5.41, 5.74) is 7.30. The lowest BCUT2D eigenvalue weighted by molar-refractivity contribution is -0.116. The number of benzene rings is 2. The standard InChI is InChI=1S/C16H17FN2O2/c1-11-9-13(5-6-15(11)17)19-16(20)7-8-21-14-4-2-3-12(18)10-14/h2-6,9-10H,7-8,18H2,1H3,(H,19,20). The Balaban J connectivity index is 1.81. The van der Waals surface area contributed by atoms with Crippen molar-refractivity contribution in [1.29, 1.82) is 0 Å². The summed E-state index contributed by atoms with van der Waals surface area (Å²) >= 11 is 0. The molecule has 2 rings (SSSR count). The lowest BCUT2D eigenvalue weighted by Crippen LogP contribution is -2.15. The second kappa shape index (κ2) is 6.74. The van der Waals surface area contributed by atoms with Crippen LogP contribution in [-0.2, 0) is 4.79 Å². The van der Waals surface area contributed by atoms with Gasteiger partial charge in [-0.15, -0.1) is 0 Å². The zero-order valence-corrected chi connectivity index (χ0v) is 11.7. The Morgan fingerprint density at radius 1 is 1.29 bits per heavy atom. The van der Waals surface area contributed by atoms with Crippen molar-refractivity contribution >= 4 is 17.3 Å². The fourth-order valence-corrected chi connectivity index (χ4v) is 1.81. The summed E-state index contributed by atoms with van der Waals surface area (Å²) in [6.45, 7) is 1.89. The van der Waals surface area contributed by atoms with Crippen molar-refractivity contribution in [3.8, 4) is 5.75 Å². The van der Waals surface area contributed by atoms with Crippen LogP contribution in [0.4, 0.5) is 15.8 Å². The van der Waals surface area contributed by atoms with Gasteiger partial charge in [-0.2, -0.15) is 0 Å². The molecule has 0 unspecified atom stereocenters. The average Bonchev–Trinajstić information content (AvgIpc) is 2.43. The first-order valence-electron chi connectivity index (χ1n) is 6.59. The molecule has 0 heterocycles. The largest absolute Gasteiger partial charge is 0.493 e. The fraction of sp³-hybridized carbons (Fsp3) is 0.188. The second-order valence-electron chi connectivity index (χ2n) is 4.68. The van der Waals surface area contributed by atoms with E-state index in [-0.39, 0.29) is 24.8 Å². The predicted octanol–water partition coefficient (Wildman–Crippen LogP) is 3.12. The molecule has 0 radical (unpaired) electrons. The highest BCUT2D eigenvalue weighted by molar-refractivity contribution is 5.90. The minimum Gasteiger partial charge on any atom is -0.493 e. The third-order valence-corrected chi connectivity index (χ3v) is 2.90. The van der Waals surface area contributed by atoms with Gasteiger partial charge in [0.25, 0.3) is 0 Å². The Labute approximate surface area is 122 Å². The quantitative estimate of drug-likeness (QED) is 0.831. The molecule has 0 spiro atoms. The van der Waals surface area contributed by atoms with Gasteiger partial charge in [-0.1, -0.05) is 6.07 Å². The van der Waals surface area contributed by atoms with Crippen LogP contribution in [0.25, 0.3) is 0 Å². The normalized spacial score (nSPS) is 10.2. The number of amides is 1. The van der Waals surface area contributed by atoms with Crippen molar-refractivity contribution in [3.63, 3.8) is 0 Å². The van der Waals surface area contributed by atoms with Gasteiger partial charge in [-0.25, -0.2) is 4.39 Å². The molecule has 21 heavy (non-hydrogen) atoms. The summed E-state index contributed by atoms with van der Waals surface area (Å²) in [5, 5.41) is 2.70. The molecule has 2 aromatic carbocycles. The summed E-state index contributed by atoms with van der Waals surface area (Å²) in [6, 6.07) is 11.5. The first-order chi connectivity index (χ1) is 10.0. The van der Waals surface area contributed by atoms with Crippen LogP contribution in [0.2, 0.25) is 0 Å². The van der Waals surface area contributed by atoms with Gasteiger partial charge in [0.1, 0.15) is 11.6 Å². The summed E-state index contributed by atoms with van der Waals surface area (Å²) < 4.78 is 18.6. The number of nitrogens with one attached hydrogen (secondary N) is 1. The molecule has 0 aromatic heterocycles. The van der Waals surface area contributed by atoms with Crippen LogP contribution >= 0.6 is 0 Å². The van der Waals surface area contributed by atoms with Gasteiger partial charge in [-0.05, 0) is 42.8 Å². The monoisotopic (exact) mass is 288 g/mol. The number of halogens is 1. The van der Waals surface area contributed by atoms with E-state index in [0.29, 0.717) is 22.7 Å². The van der Waals surface area contributed by atoms with E-state index in [1.807, 2.05) is 0 Å². The highest BCUT2D eigenvalue weighted by Gasteiger charge is 2.05. The van der Waals surface area contributed by atoms with Crippen LogP contribution < -0.4 is 15.8 Å². The van der Waals surface area contributed by atoms with Crippen molar-refractivity contribution in [3.05, 3.63) is 53.8 Å². The van der Waals surface area contributed by atoms with Gasteiger partial charge >= 0.3 is 0 Å². The van der Waals surface area contributed by atoms with Crippen LogP contribution in [0.1, 0.15) is 12.0 Å². The lowest BCUT2D eigenvalue weighted by Gasteiger charge is -2.08. The van der Waals surface area contributed by atoms with Crippen molar-refractivity contribution < 1.29 is 13.9 Å². The van der Waals surface area contributed by atoms with E-state index in [9.17, 15) is 9.18 Å². The molecule has 0 saturated heterocycles. The van der Waals surface area contributed by atoms with Crippen molar-refractivity contribution in [2.75, 3.05) is 17.7 Å². The van der Waals surface area contributed by atoms with Gasteiger partial charge in [0, 0.05) is 17.4 Å². The van der Waals surface area contributed by atoms with E-state index in [4.69, 9.17) is 10.5 Å². The summed E-state index contributed by atoms with van der Waals surface area (Å²) in [4.78, 5) is 11.8. The van der Waals surface area contributed by atoms with E-state index >= 15 is 0 Å². The van der Waals surface area contributed by atoms with Crippen LogP contribution in [0.5, 0.6) is 5.75 Å². The fourth-order valence-electron chi connectivity index (χ4n) is 1.81. The average molecular weight is 288 g/mol. The molecule has 1 amide bonds. The zero-order chi connectivity index (χ0) is 15.2. The van der Waals surface area contributed by atoms with Crippen molar-refractivity contribution in [2.24, 2.45) is 0 Å². The molecule has 2 aromatic rings. The molecular formula is C16H17FN2O2. The molecule has 0 aliphatic heterocycles. The number of rotatable bonds is 5. The summed E-state index contributed by atoms with van der Waals surface area (Å²) in [6.07, 6.45) is 0.200. The minimum absolute atomic E-state index is 0.190. The van der Waals surface area contributed by atoms with Crippen LogP contribution in [0.15, 0.2) is 42.5 Å². The van der Waals surface area contributed by atoms with E-state index in [1.54, 1.807) is 37.3 Å². The first-order valence-corrected chi connectivity index (χ1v) is 6.59. The Kier molecular flexibility index (Phi) is 4.77. The maximum absolute atomic E-state index is 13.1. The van der Waals surface area contributed by atoms with Crippen molar-refractivity contribution in [1.82, 2.24) is 0 Å². The number of carbonyl (C=O) groups excluding carboxylic acids is 1. The smallest absolute Gasteiger partial charge is 0.227 e. The Morgan fingerprint density at radius 3 is 2.81 bits per heavy atom. The number of nitrogen functional groups attached to an aromatic ring is 1. The van der Waals surface area contributed by atoms with Gasteiger partial charge < -0.3 is 15.8 Å². The van der Waals surface area contributed by atoms with E-state index in [1.165, 1.54) is 12.1 Å². The maximum Gasteiger partial charge on any atom is 0.227 e. The number of carbonyl (C=O) groups is 1. The third-order valence-electron chi connectivity index (χ3n) is 2.90. The molecule has 110 valence electrons. The molecule has 0 bridgehead atoms. The molecule has 0 aliphatic carbocycles. The number of ether oxygens (including phenoxy) is 1. The van der Waals surface area contributed by atoms with E-state index < -0.39 is 0 Å². The molecule has 0 aliphatic rings. The SMILES string of the molecule is Cc1cc(NC(=O)CCOc2cccc(N)c2)ccc1F. The molecule has 3 N–H and O–H groups in total. The molecular weight excluding hydrogens is 271 g/mol. The molecule has 0 atom stereocenters. The predicted molar refractivity (Wildman–Crippen MR) is 80.7 cm³/mol. The van der Waals surface area contributed by atoms with Crippen molar-refractivity contribution in [2.45, 2.75) is 13.3 Å². The van der Waals surface area contributed by atoms with Crippen LogP contribution in [0, 0.1) is 12.7 Å². The van der Waals surface area contributed by atoms with Gasteiger partial charge in [0.2, 0.25) is 5.91 Å². The highest BCUT2D eigenvalue weighted by Crippen LogP contribution is 2.15. The zero-order valence-electron chi connectivity index (χ0n) is 11.7. The Morgan fingerprint density at radius 2 is 2.10 bits per heavy atom. The number of anilines is 2. The lowest BCUT2D eigenvalue weighted by atomic mass is 10.2. The molecule has 4 nitrogen and oxygen atoms in total. The van der Waals surface area contributed by atoms with Gasteiger partial charge in [-0.3, -0.25) is 4.79 Å². The van der Waals surface area contributed by atoms with Gasteiger partial charge in [0.05, 0.1) is 13.0 Å². The summed E-state index contributed by atoms with van der Waals surface area (Å²) in [5.74, 6) is 0.142. The Hall–Kier alpha value is -2.56. The number of hydrogen-bond acceptors (Lipinski definition) is 3. The second-order valence-corrected chi connectivity index (χ2v) is 4.68. The topological polar surface area (TPSA) is 64.3 Å². The number of hydrogen-bond donors (Lipinski definition) is 2. The molecule has 0 fully saturated rings. The highest BCUT2D eigenvalue weighted by atomic mass is 19.1. The number of aryl methyl sites for hydroxylation is 1. The molecule has 5 heteroatoms. The number of nitrogens with two attached hydrogens (primary N) is 1. The molecule has 0 saturated carbocycles. The maximum atomic E-state index is 13.1. The first kappa shape index (κ1) is 14.8.